The van der Waals surface area contributed by atoms with Gasteiger partial charge in [-0.1, -0.05) is 61.9 Å². The lowest BCUT2D eigenvalue weighted by Gasteiger charge is -2.16. The molecule has 0 bridgehead atoms. The Hall–Kier alpha value is -2.42. The number of allylic oxidation sites excluding steroid dienone is 4. The van der Waals surface area contributed by atoms with Crippen molar-refractivity contribution >= 4 is 18.3 Å². The molecule has 0 saturated heterocycles. The number of hydrogen-bond acceptors (Lipinski definition) is 3. The minimum atomic E-state index is -0.551. The molecule has 1 unspecified atom stereocenters. The number of methoxy groups -OCH3 is 1. The fourth-order valence-electron chi connectivity index (χ4n) is 3.40. The third-order valence-electron chi connectivity index (χ3n) is 4.51. The van der Waals surface area contributed by atoms with Gasteiger partial charge in [-0.15, -0.1) is 0 Å². The van der Waals surface area contributed by atoms with Crippen molar-refractivity contribution in [2.75, 3.05) is 7.11 Å². The van der Waals surface area contributed by atoms with Crippen LogP contribution in [0.3, 0.4) is 0 Å². The van der Waals surface area contributed by atoms with Crippen LogP contribution >= 0.6 is 0 Å². The maximum absolute atomic E-state index is 12.0. The van der Waals surface area contributed by atoms with Crippen LogP contribution < -0.4 is 0 Å². The van der Waals surface area contributed by atoms with Gasteiger partial charge in [0, 0.05) is 5.92 Å². The van der Waals surface area contributed by atoms with Gasteiger partial charge in [-0.25, -0.2) is 4.79 Å². The second-order valence-corrected chi connectivity index (χ2v) is 6.76. The first-order valence-electron chi connectivity index (χ1n) is 8.69. The molecule has 1 fully saturated rings. The maximum Gasteiger partial charge on any atom is 0.341 e. The van der Waals surface area contributed by atoms with Gasteiger partial charge in [0.15, 0.2) is 6.29 Å². The zero-order valence-electron chi connectivity index (χ0n) is 15.4. The lowest BCUT2D eigenvalue weighted by Crippen LogP contribution is -2.10. The molecule has 1 atom stereocenters. The van der Waals surface area contributed by atoms with Gasteiger partial charge in [0.1, 0.15) is 5.57 Å². The molecule has 1 aromatic carbocycles. The summed E-state index contributed by atoms with van der Waals surface area (Å²) in [5.74, 6) is 0.00267. The van der Waals surface area contributed by atoms with Crippen molar-refractivity contribution in [1.82, 2.24) is 0 Å². The van der Waals surface area contributed by atoms with Gasteiger partial charge in [-0.05, 0) is 42.4 Å². The van der Waals surface area contributed by atoms with Crippen LogP contribution in [0.25, 0.3) is 6.08 Å². The summed E-state index contributed by atoms with van der Waals surface area (Å²) in [5.41, 5.74) is 4.48. The molecular formula is C22H26O3. The predicted molar refractivity (Wildman–Crippen MR) is 101 cm³/mol. The molecule has 132 valence electrons. The Kier molecular flexibility index (Phi) is 6.51. The predicted octanol–water partition coefficient (Wildman–Crippen LogP) is 4.75. The summed E-state index contributed by atoms with van der Waals surface area (Å²) in [5, 5.41) is 0. The Bertz CT molecular complexity index is 721. The van der Waals surface area contributed by atoms with E-state index in [0.29, 0.717) is 18.6 Å². The zero-order chi connectivity index (χ0) is 18.4. The van der Waals surface area contributed by atoms with Gasteiger partial charge in [0.25, 0.3) is 0 Å². The quantitative estimate of drug-likeness (QED) is 0.256. The Morgan fingerprint density at radius 1 is 1.24 bits per heavy atom. The van der Waals surface area contributed by atoms with Crippen molar-refractivity contribution in [1.29, 1.82) is 0 Å². The van der Waals surface area contributed by atoms with Crippen LogP contribution in [0.15, 0.2) is 58.7 Å². The molecule has 0 heterocycles. The number of esters is 1. The average Bonchev–Trinajstić information content (AvgIpc) is 2.99. The van der Waals surface area contributed by atoms with E-state index in [-0.39, 0.29) is 11.5 Å². The van der Waals surface area contributed by atoms with Crippen LogP contribution in [0, 0.1) is 11.8 Å². The van der Waals surface area contributed by atoms with Crippen molar-refractivity contribution in [2.45, 2.75) is 33.6 Å². The van der Waals surface area contributed by atoms with E-state index in [1.54, 1.807) is 0 Å². The topological polar surface area (TPSA) is 43.4 Å². The van der Waals surface area contributed by atoms with Crippen LogP contribution in [-0.2, 0) is 14.3 Å². The highest BCUT2D eigenvalue weighted by molar-refractivity contribution is 6.09. The number of carbonyl (C=O) groups excluding carboxylic acids is 2. The molecule has 2 rings (SSSR count). The molecule has 0 aliphatic heterocycles. The largest absolute Gasteiger partial charge is 0.465 e. The summed E-state index contributed by atoms with van der Waals surface area (Å²) in [6, 6.07) is 10.2. The van der Waals surface area contributed by atoms with Crippen LogP contribution in [0.5, 0.6) is 0 Å². The minimum absolute atomic E-state index is 0.157. The fraction of sp³-hybridized carbons (Fsp3) is 0.364. The molecule has 1 saturated carbocycles. The maximum atomic E-state index is 12.0. The number of carbonyl (C=O) groups is 2. The molecule has 3 nitrogen and oxygen atoms in total. The molecule has 0 amide bonds. The molecule has 0 N–H and O–H groups in total. The highest BCUT2D eigenvalue weighted by Gasteiger charge is 2.31. The van der Waals surface area contributed by atoms with Crippen molar-refractivity contribution < 1.29 is 14.3 Å². The summed E-state index contributed by atoms with van der Waals surface area (Å²) < 4.78 is 4.79. The van der Waals surface area contributed by atoms with Gasteiger partial charge in [-0.2, -0.15) is 0 Å². The Morgan fingerprint density at radius 3 is 2.48 bits per heavy atom. The van der Waals surface area contributed by atoms with Gasteiger partial charge in [0.05, 0.1) is 7.11 Å². The zero-order valence-corrected chi connectivity index (χ0v) is 15.4. The second-order valence-electron chi connectivity index (χ2n) is 6.76. The third-order valence-corrected chi connectivity index (χ3v) is 4.51. The summed E-state index contributed by atoms with van der Waals surface area (Å²) in [6.07, 6.45) is 6.60. The first kappa shape index (κ1) is 18.9. The molecule has 0 spiro atoms. The summed E-state index contributed by atoms with van der Waals surface area (Å²) in [4.78, 5) is 23.5. The highest BCUT2D eigenvalue weighted by Crippen LogP contribution is 2.42. The number of ether oxygens (including phenoxy) is 1. The summed E-state index contributed by atoms with van der Waals surface area (Å²) in [6.45, 7) is 6.33. The smallest absolute Gasteiger partial charge is 0.341 e. The molecule has 0 radical (unpaired) electrons. The van der Waals surface area contributed by atoms with Crippen molar-refractivity contribution in [3.05, 3.63) is 64.3 Å². The van der Waals surface area contributed by atoms with E-state index in [1.807, 2.05) is 18.2 Å². The van der Waals surface area contributed by atoms with Crippen molar-refractivity contribution in [2.24, 2.45) is 11.8 Å². The Balaban J connectivity index is 2.46. The van der Waals surface area contributed by atoms with Gasteiger partial charge in [-0.3, -0.25) is 4.79 Å². The molecule has 1 aromatic rings. The first-order valence-corrected chi connectivity index (χ1v) is 8.69. The van der Waals surface area contributed by atoms with Crippen LogP contribution in [0.4, 0.5) is 0 Å². The lowest BCUT2D eigenvalue weighted by atomic mass is 9.89. The Morgan fingerprint density at radius 2 is 1.92 bits per heavy atom. The van der Waals surface area contributed by atoms with Crippen molar-refractivity contribution in [3.8, 4) is 0 Å². The van der Waals surface area contributed by atoms with Gasteiger partial charge < -0.3 is 4.74 Å². The molecule has 25 heavy (non-hydrogen) atoms. The lowest BCUT2D eigenvalue weighted by molar-refractivity contribution is -0.136. The first-order chi connectivity index (χ1) is 12.0. The van der Waals surface area contributed by atoms with E-state index in [1.165, 1.54) is 12.7 Å². The summed E-state index contributed by atoms with van der Waals surface area (Å²) >= 11 is 0. The molecular weight excluding hydrogens is 312 g/mol. The van der Waals surface area contributed by atoms with E-state index in [2.05, 4.69) is 45.1 Å². The molecule has 1 aliphatic rings. The molecule has 1 aliphatic carbocycles. The van der Waals surface area contributed by atoms with Crippen LogP contribution in [-0.4, -0.2) is 19.4 Å². The molecule has 3 heteroatoms. The normalized spacial score (nSPS) is 21.6. The van der Waals surface area contributed by atoms with Crippen LogP contribution in [0.1, 0.15) is 39.2 Å². The number of aldehydes is 1. The minimum Gasteiger partial charge on any atom is -0.465 e. The Labute approximate surface area is 150 Å². The number of rotatable bonds is 5. The van der Waals surface area contributed by atoms with E-state index in [4.69, 9.17) is 4.74 Å². The fourth-order valence-corrected chi connectivity index (χ4v) is 3.40. The average molecular weight is 338 g/mol. The standard InChI is InChI=1S/C22H26O3/c1-15(2)12-20-18(16(3)13-17-8-6-5-7-9-17)10-11-19(20)21(14-23)22(24)25-4/h5-9,12-15,18H,10-11H2,1-4H3/b16-13+,20-12-,21-19-. The molecule has 0 aromatic heterocycles. The summed E-state index contributed by atoms with van der Waals surface area (Å²) in [7, 11) is 1.31. The SMILES string of the molecule is COC(=O)/C(C=O)=C1/CCC(/C(C)=C/c2ccccc2)/C1=C/C(C)C. The van der Waals surface area contributed by atoms with Gasteiger partial charge >= 0.3 is 5.97 Å². The second kappa shape index (κ2) is 8.61. The van der Waals surface area contributed by atoms with Crippen molar-refractivity contribution in [3.63, 3.8) is 0 Å². The number of hydrogen-bond donors (Lipinski definition) is 0. The third kappa shape index (κ3) is 4.56. The van der Waals surface area contributed by atoms with E-state index < -0.39 is 5.97 Å². The number of benzene rings is 1. The van der Waals surface area contributed by atoms with E-state index >= 15 is 0 Å². The van der Waals surface area contributed by atoms with E-state index in [0.717, 1.165) is 23.1 Å². The highest BCUT2D eigenvalue weighted by atomic mass is 16.5. The van der Waals surface area contributed by atoms with Crippen LogP contribution in [0.2, 0.25) is 0 Å². The monoisotopic (exact) mass is 338 g/mol. The van der Waals surface area contributed by atoms with E-state index in [9.17, 15) is 9.59 Å². The van der Waals surface area contributed by atoms with Gasteiger partial charge in [0.2, 0.25) is 0 Å².